The van der Waals surface area contributed by atoms with Crippen molar-refractivity contribution in [3.63, 3.8) is 0 Å². The fourth-order valence-electron chi connectivity index (χ4n) is 2.98. The Morgan fingerprint density at radius 3 is 1.87 bits per heavy atom. The molecular weight excluding hydrogens is 461 g/mol. The molecule has 0 aliphatic rings. The largest absolute Gasteiger partial charge is 0.367 e. The summed E-state index contributed by atoms with van der Waals surface area (Å²) in [6, 6.07) is 7.13. The molecule has 0 fully saturated rings. The van der Waals surface area contributed by atoms with E-state index in [-0.39, 0.29) is 27.5 Å². The van der Waals surface area contributed by atoms with Crippen LogP contribution < -0.4 is 16.4 Å². The van der Waals surface area contributed by atoms with Crippen LogP contribution in [0.25, 0.3) is 21.5 Å². The average Bonchev–Trinajstić information content (AvgIpc) is 2.67. The van der Waals surface area contributed by atoms with E-state index in [0.29, 0.717) is 27.1 Å². The Balaban J connectivity index is 0.000000179. The van der Waals surface area contributed by atoms with Crippen LogP contribution in [0.15, 0.2) is 46.2 Å². The number of fused-ring (bicyclic) bond motifs is 2. The summed E-state index contributed by atoms with van der Waals surface area (Å²) in [7, 11) is 3.38. The van der Waals surface area contributed by atoms with E-state index in [9.17, 15) is 9.59 Å². The topological polar surface area (TPSA) is 81.8 Å². The van der Waals surface area contributed by atoms with Gasteiger partial charge in [-0.05, 0) is 48.9 Å². The molecule has 4 aromatic rings. The number of nitrogens with one attached hydrogen (secondary N) is 1. The fourth-order valence-corrected chi connectivity index (χ4v) is 3.71. The standard InChI is InChI=1S/C12H14ClN3O.C9H6Cl2N2O/c1-7(2)14-11-10-8(6-9(13)15-11)4-5-16(3)12(10)17;1-13-3-2-5-4-6(10)12-8(11)7(5)9(13)14/h4-7H,1-3H3,(H,14,15);2-4H,1H3. The maximum absolute atomic E-state index is 12.1. The number of anilines is 1. The summed E-state index contributed by atoms with van der Waals surface area (Å²) in [5.74, 6) is 0.545. The lowest BCUT2D eigenvalue weighted by molar-refractivity contribution is 0.866. The van der Waals surface area contributed by atoms with Gasteiger partial charge in [-0.15, -0.1) is 0 Å². The Kier molecular flexibility index (Phi) is 6.89. The summed E-state index contributed by atoms with van der Waals surface area (Å²) in [4.78, 5) is 31.7. The Morgan fingerprint density at radius 2 is 1.32 bits per heavy atom. The highest BCUT2D eigenvalue weighted by atomic mass is 35.5. The lowest BCUT2D eigenvalue weighted by Gasteiger charge is -2.12. The Morgan fingerprint density at radius 1 is 0.839 bits per heavy atom. The van der Waals surface area contributed by atoms with Crippen LogP contribution in [0.1, 0.15) is 13.8 Å². The number of nitrogens with zero attached hydrogens (tertiary/aromatic N) is 4. The summed E-state index contributed by atoms with van der Waals surface area (Å²) < 4.78 is 2.98. The van der Waals surface area contributed by atoms with E-state index in [1.165, 1.54) is 9.13 Å². The highest BCUT2D eigenvalue weighted by molar-refractivity contribution is 6.36. The molecule has 0 saturated carbocycles. The molecule has 10 heteroatoms. The number of rotatable bonds is 2. The molecule has 4 rings (SSSR count). The molecule has 162 valence electrons. The van der Waals surface area contributed by atoms with E-state index in [2.05, 4.69) is 15.3 Å². The number of halogens is 3. The summed E-state index contributed by atoms with van der Waals surface area (Å²) in [6.45, 7) is 3.98. The summed E-state index contributed by atoms with van der Waals surface area (Å²) >= 11 is 17.5. The summed E-state index contributed by atoms with van der Waals surface area (Å²) in [5.41, 5.74) is -0.244. The molecule has 0 amide bonds. The van der Waals surface area contributed by atoms with Gasteiger partial charge in [0.2, 0.25) is 0 Å². The molecule has 0 spiro atoms. The average molecular weight is 481 g/mol. The summed E-state index contributed by atoms with van der Waals surface area (Å²) in [6.07, 6.45) is 3.39. The van der Waals surface area contributed by atoms with Crippen molar-refractivity contribution in [2.45, 2.75) is 19.9 Å². The molecule has 7 nitrogen and oxygen atoms in total. The number of aryl methyl sites for hydroxylation is 2. The zero-order valence-corrected chi connectivity index (χ0v) is 19.5. The lowest BCUT2D eigenvalue weighted by atomic mass is 10.2. The molecule has 1 N–H and O–H groups in total. The minimum absolute atomic E-state index is 0.0742. The molecule has 0 radical (unpaired) electrons. The zero-order valence-electron chi connectivity index (χ0n) is 17.3. The van der Waals surface area contributed by atoms with Crippen LogP contribution >= 0.6 is 34.8 Å². The van der Waals surface area contributed by atoms with Crippen molar-refractivity contribution in [2.24, 2.45) is 14.1 Å². The molecular formula is C21H20Cl3N5O2. The van der Waals surface area contributed by atoms with Gasteiger partial charge in [-0.3, -0.25) is 9.59 Å². The highest BCUT2D eigenvalue weighted by Gasteiger charge is 2.11. The molecule has 0 aliphatic heterocycles. The number of aromatic nitrogens is 4. The van der Waals surface area contributed by atoms with Crippen molar-refractivity contribution >= 4 is 62.2 Å². The van der Waals surface area contributed by atoms with Gasteiger partial charge in [-0.1, -0.05) is 34.8 Å². The first-order valence-corrected chi connectivity index (χ1v) is 10.5. The fraction of sp³-hybridized carbons (Fsp3) is 0.238. The number of pyridine rings is 4. The van der Waals surface area contributed by atoms with Crippen LogP contribution in [0.2, 0.25) is 15.5 Å². The molecule has 0 aliphatic carbocycles. The van der Waals surface area contributed by atoms with E-state index >= 15 is 0 Å². The van der Waals surface area contributed by atoms with Crippen LogP contribution in [0, 0.1) is 0 Å². The second-order valence-electron chi connectivity index (χ2n) is 7.22. The Labute approximate surface area is 193 Å². The maximum Gasteiger partial charge on any atom is 0.261 e. The van der Waals surface area contributed by atoms with Crippen molar-refractivity contribution in [2.75, 3.05) is 5.32 Å². The highest BCUT2D eigenvalue weighted by Crippen LogP contribution is 2.22. The third-order valence-electron chi connectivity index (χ3n) is 4.44. The quantitative estimate of drug-likeness (QED) is 0.422. The second kappa shape index (κ2) is 9.26. The van der Waals surface area contributed by atoms with Crippen molar-refractivity contribution in [3.8, 4) is 0 Å². The second-order valence-corrected chi connectivity index (χ2v) is 8.35. The molecule has 31 heavy (non-hydrogen) atoms. The van der Waals surface area contributed by atoms with E-state index < -0.39 is 0 Å². The minimum atomic E-state index is -0.170. The van der Waals surface area contributed by atoms with Crippen LogP contribution in [-0.4, -0.2) is 25.1 Å². The van der Waals surface area contributed by atoms with Gasteiger partial charge in [0.1, 0.15) is 21.3 Å². The van der Waals surface area contributed by atoms with Crippen molar-refractivity contribution in [3.05, 3.63) is 72.8 Å². The molecule has 0 atom stereocenters. The predicted octanol–water partition coefficient (Wildman–Crippen LogP) is 4.65. The van der Waals surface area contributed by atoms with Gasteiger partial charge in [0.15, 0.2) is 0 Å². The van der Waals surface area contributed by atoms with Crippen LogP contribution in [0.5, 0.6) is 0 Å². The first-order chi connectivity index (χ1) is 14.6. The zero-order chi connectivity index (χ0) is 22.9. The minimum Gasteiger partial charge on any atom is -0.367 e. The number of hydrogen-bond donors (Lipinski definition) is 1. The molecule has 0 unspecified atom stereocenters. The maximum atomic E-state index is 12.1. The van der Waals surface area contributed by atoms with Gasteiger partial charge in [-0.2, -0.15) is 0 Å². The molecule has 4 aromatic heterocycles. The molecule has 0 saturated heterocycles. The molecule has 0 aromatic carbocycles. The van der Waals surface area contributed by atoms with Crippen LogP contribution in [0.3, 0.4) is 0 Å². The van der Waals surface area contributed by atoms with Crippen LogP contribution in [0.4, 0.5) is 5.82 Å². The normalized spacial score (nSPS) is 11.0. The number of hydrogen-bond acceptors (Lipinski definition) is 5. The monoisotopic (exact) mass is 479 g/mol. The molecule has 0 bridgehead atoms. The van der Waals surface area contributed by atoms with E-state index in [4.69, 9.17) is 34.8 Å². The van der Waals surface area contributed by atoms with Gasteiger partial charge in [0.25, 0.3) is 11.1 Å². The lowest BCUT2D eigenvalue weighted by Crippen LogP contribution is -2.19. The first kappa shape index (κ1) is 23.1. The smallest absolute Gasteiger partial charge is 0.261 e. The van der Waals surface area contributed by atoms with Crippen molar-refractivity contribution < 1.29 is 0 Å². The predicted molar refractivity (Wildman–Crippen MR) is 128 cm³/mol. The van der Waals surface area contributed by atoms with Gasteiger partial charge in [-0.25, -0.2) is 9.97 Å². The SMILES string of the molecule is CC(C)Nc1nc(Cl)cc2ccn(C)c(=O)c12.Cn1ccc2cc(Cl)nc(Cl)c2c1=O. The van der Waals surface area contributed by atoms with E-state index in [1.54, 1.807) is 44.7 Å². The Hall–Kier alpha value is -2.61. The van der Waals surface area contributed by atoms with Gasteiger partial charge in [0, 0.05) is 32.5 Å². The summed E-state index contributed by atoms with van der Waals surface area (Å²) in [5, 5.41) is 6.46. The van der Waals surface area contributed by atoms with Crippen LogP contribution in [-0.2, 0) is 14.1 Å². The van der Waals surface area contributed by atoms with Gasteiger partial charge >= 0.3 is 0 Å². The van der Waals surface area contributed by atoms with Crippen molar-refractivity contribution in [1.29, 1.82) is 0 Å². The van der Waals surface area contributed by atoms with Gasteiger partial charge < -0.3 is 14.5 Å². The van der Waals surface area contributed by atoms with E-state index in [0.717, 1.165) is 5.39 Å². The Bertz CT molecular complexity index is 1400. The van der Waals surface area contributed by atoms with E-state index in [1.807, 2.05) is 19.9 Å². The first-order valence-electron chi connectivity index (χ1n) is 9.32. The third-order valence-corrected chi connectivity index (χ3v) is 5.10. The van der Waals surface area contributed by atoms with Crippen molar-refractivity contribution in [1.82, 2.24) is 19.1 Å². The molecule has 4 heterocycles. The third kappa shape index (κ3) is 5.01. The van der Waals surface area contributed by atoms with Gasteiger partial charge in [0.05, 0.1) is 10.8 Å².